The number of aliphatic hydroxyl groups is 1. The van der Waals surface area contributed by atoms with Crippen LogP contribution in [0.4, 0.5) is 4.39 Å². The van der Waals surface area contributed by atoms with Crippen LogP contribution in [0.15, 0.2) is 24.3 Å². The molecule has 0 fully saturated rings. The number of rotatable bonds is 3. The lowest BCUT2D eigenvalue weighted by Gasteiger charge is -1.98. The van der Waals surface area contributed by atoms with Gasteiger partial charge in [-0.1, -0.05) is 12.1 Å². The second-order valence-electron chi connectivity index (χ2n) is 2.52. The summed E-state index contributed by atoms with van der Waals surface area (Å²) in [4.78, 5) is 0. The Morgan fingerprint density at radius 3 is 2.42 bits per heavy atom. The number of benzene rings is 1. The third kappa shape index (κ3) is 2.96. The van der Waals surface area contributed by atoms with Gasteiger partial charge in [-0.2, -0.15) is 0 Å². The van der Waals surface area contributed by atoms with Gasteiger partial charge in [0.2, 0.25) is 0 Å². The Labute approximate surface area is 75.8 Å². The summed E-state index contributed by atoms with van der Waals surface area (Å²) in [7, 11) is 0. The molecule has 0 heterocycles. The Morgan fingerprint density at radius 1 is 1.33 bits per heavy atom. The predicted octanol–water partition coefficient (Wildman–Crippen LogP) is 2.64. The quantitative estimate of drug-likeness (QED) is 0.729. The van der Waals surface area contributed by atoms with Crippen LogP contribution >= 0.6 is 12.2 Å². The third-order valence-corrected chi connectivity index (χ3v) is 1.74. The first-order valence-electron chi connectivity index (χ1n) is 3.65. The van der Waals surface area contributed by atoms with E-state index in [2.05, 4.69) is 12.2 Å². The molecule has 0 unspecified atom stereocenters. The smallest absolute Gasteiger partial charge is 0.156 e. The van der Waals surface area contributed by atoms with Crippen LogP contribution < -0.4 is 0 Å². The summed E-state index contributed by atoms with van der Waals surface area (Å²) in [6.45, 7) is 0. The average Bonchev–Trinajstić information content (AvgIpc) is 2.03. The molecule has 0 aliphatic rings. The summed E-state index contributed by atoms with van der Waals surface area (Å²) in [6, 6.07) is 6.17. The van der Waals surface area contributed by atoms with E-state index in [0.29, 0.717) is 12.8 Å². The van der Waals surface area contributed by atoms with Gasteiger partial charge in [0.15, 0.2) is 5.05 Å². The zero-order valence-electron chi connectivity index (χ0n) is 6.46. The molecule has 1 N–H and O–H groups in total. The van der Waals surface area contributed by atoms with Crippen molar-refractivity contribution in [3.8, 4) is 0 Å². The molecule has 1 nitrogen and oxygen atoms in total. The lowest BCUT2D eigenvalue weighted by molar-refractivity contribution is 0.548. The van der Waals surface area contributed by atoms with Gasteiger partial charge in [-0.3, -0.25) is 0 Å². The van der Waals surface area contributed by atoms with Gasteiger partial charge in [0.25, 0.3) is 0 Å². The summed E-state index contributed by atoms with van der Waals surface area (Å²) < 4.78 is 12.4. The Morgan fingerprint density at radius 2 is 1.92 bits per heavy atom. The standard InChI is InChI=1S/C9H9FOS/c10-8-4-1-7(2-5-8)3-6-9(11)12/h1-2,4-5H,3,6H2,(H,11,12). The lowest BCUT2D eigenvalue weighted by atomic mass is 10.1. The maximum Gasteiger partial charge on any atom is 0.156 e. The van der Waals surface area contributed by atoms with Gasteiger partial charge in [0.05, 0.1) is 0 Å². The van der Waals surface area contributed by atoms with Gasteiger partial charge in [0, 0.05) is 6.42 Å². The van der Waals surface area contributed by atoms with E-state index in [4.69, 9.17) is 5.11 Å². The summed E-state index contributed by atoms with van der Waals surface area (Å²) in [6.07, 6.45) is 1.12. The van der Waals surface area contributed by atoms with E-state index in [0.717, 1.165) is 5.56 Å². The minimum atomic E-state index is -0.245. The van der Waals surface area contributed by atoms with E-state index in [1.807, 2.05) is 0 Å². The molecule has 0 atom stereocenters. The Bertz CT molecular complexity index is 268. The van der Waals surface area contributed by atoms with Crippen molar-refractivity contribution in [2.45, 2.75) is 12.8 Å². The van der Waals surface area contributed by atoms with Gasteiger partial charge < -0.3 is 5.11 Å². The molecule has 0 aliphatic heterocycles. The highest BCUT2D eigenvalue weighted by molar-refractivity contribution is 7.80. The molecular formula is C9H9FOS. The van der Waals surface area contributed by atoms with Crippen molar-refractivity contribution in [2.24, 2.45) is 0 Å². The van der Waals surface area contributed by atoms with E-state index in [1.165, 1.54) is 12.1 Å². The maximum atomic E-state index is 12.4. The number of halogens is 1. The largest absolute Gasteiger partial charge is 0.502 e. The van der Waals surface area contributed by atoms with E-state index < -0.39 is 0 Å². The highest BCUT2D eigenvalue weighted by atomic mass is 32.1. The zero-order chi connectivity index (χ0) is 8.97. The molecule has 0 saturated carbocycles. The fourth-order valence-corrected chi connectivity index (χ4v) is 1.00. The van der Waals surface area contributed by atoms with Crippen molar-refractivity contribution in [3.05, 3.63) is 35.6 Å². The topological polar surface area (TPSA) is 20.2 Å². The molecule has 0 bridgehead atoms. The molecule has 0 spiro atoms. The molecule has 12 heavy (non-hydrogen) atoms. The van der Waals surface area contributed by atoms with Gasteiger partial charge in [-0.15, -0.1) is 0 Å². The van der Waals surface area contributed by atoms with E-state index in [-0.39, 0.29) is 10.9 Å². The number of aliphatic hydroxyl groups excluding tert-OH is 1. The van der Waals surface area contributed by atoms with Crippen molar-refractivity contribution in [1.82, 2.24) is 0 Å². The molecule has 1 rings (SSSR count). The van der Waals surface area contributed by atoms with Crippen LogP contribution in [0.5, 0.6) is 0 Å². The first kappa shape index (κ1) is 9.13. The molecule has 0 aromatic heterocycles. The van der Waals surface area contributed by atoms with Crippen molar-refractivity contribution in [3.63, 3.8) is 0 Å². The minimum Gasteiger partial charge on any atom is -0.502 e. The third-order valence-electron chi connectivity index (χ3n) is 1.54. The summed E-state index contributed by atoms with van der Waals surface area (Å²) in [5, 5.41) is 8.73. The van der Waals surface area contributed by atoms with Crippen molar-refractivity contribution in [2.75, 3.05) is 0 Å². The molecule has 0 amide bonds. The van der Waals surface area contributed by atoms with Crippen LogP contribution in [0, 0.1) is 5.82 Å². The van der Waals surface area contributed by atoms with Gasteiger partial charge in [-0.25, -0.2) is 4.39 Å². The monoisotopic (exact) mass is 184 g/mol. The summed E-state index contributed by atoms with van der Waals surface area (Å²) >= 11 is 4.50. The average molecular weight is 184 g/mol. The Hall–Kier alpha value is -0.960. The molecule has 0 aliphatic carbocycles. The van der Waals surface area contributed by atoms with Crippen LogP contribution in [-0.2, 0) is 6.42 Å². The number of thiocarbonyl (C=S) groups is 1. The molecule has 1 aromatic carbocycles. The Balaban J connectivity index is 2.53. The first-order valence-corrected chi connectivity index (χ1v) is 4.05. The highest BCUT2D eigenvalue weighted by Gasteiger charge is 1.95. The van der Waals surface area contributed by atoms with Crippen molar-refractivity contribution < 1.29 is 9.50 Å². The van der Waals surface area contributed by atoms with Gasteiger partial charge >= 0.3 is 0 Å². The maximum absolute atomic E-state index is 12.4. The summed E-state index contributed by atoms with van der Waals surface area (Å²) in [5.41, 5.74) is 0.979. The molecular weight excluding hydrogens is 175 g/mol. The van der Waals surface area contributed by atoms with Crippen LogP contribution in [0.3, 0.4) is 0 Å². The van der Waals surface area contributed by atoms with Crippen molar-refractivity contribution in [1.29, 1.82) is 0 Å². The normalized spacial score (nSPS) is 9.75. The van der Waals surface area contributed by atoms with Crippen molar-refractivity contribution >= 4 is 17.3 Å². The highest BCUT2D eigenvalue weighted by Crippen LogP contribution is 2.05. The van der Waals surface area contributed by atoms with E-state index in [9.17, 15) is 4.39 Å². The van der Waals surface area contributed by atoms with Crippen LogP contribution in [0.2, 0.25) is 0 Å². The molecule has 0 saturated heterocycles. The van der Waals surface area contributed by atoms with Crippen LogP contribution in [-0.4, -0.2) is 10.2 Å². The minimum absolute atomic E-state index is 0.000625. The molecule has 0 radical (unpaired) electrons. The fourth-order valence-electron chi connectivity index (χ4n) is 0.902. The zero-order valence-corrected chi connectivity index (χ0v) is 7.27. The fraction of sp³-hybridized carbons (Fsp3) is 0.222. The second-order valence-corrected chi connectivity index (χ2v) is 2.99. The number of aryl methyl sites for hydroxylation is 1. The van der Waals surface area contributed by atoms with Crippen LogP contribution in [0.1, 0.15) is 12.0 Å². The molecule has 1 aromatic rings. The lowest BCUT2D eigenvalue weighted by Crippen LogP contribution is -1.94. The first-order chi connectivity index (χ1) is 5.68. The van der Waals surface area contributed by atoms with Gasteiger partial charge in [-0.05, 0) is 36.3 Å². The summed E-state index contributed by atoms with van der Waals surface area (Å²) in [5.74, 6) is -0.245. The molecule has 3 heteroatoms. The number of hydrogen-bond acceptors (Lipinski definition) is 1. The van der Waals surface area contributed by atoms with Crippen LogP contribution in [0.25, 0.3) is 0 Å². The number of hydrogen-bond donors (Lipinski definition) is 1. The van der Waals surface area contributed by atoms with E-state index >= 15 is 0 Å². The SMILES string of the molecule is OC(=S)CCc1ccc(F)cc1. The second kappa shape index (κ2) is 4.16. The molecule has 64 valence electrons. The predicted molar refractivity (Wildman–Crippen MR) is 49.9 cm³/mol. The van der Waals surface area contributed by atoms with Gasteiger partial charge in [0.1, 0.15) is 5.82 Å². The van der Waals surface area contributed by atoms with E-state index in [1.54, 1.807) is 12.1 Å². The Kier molecular flexibility index (Phi) is 3.17.